The first-order chi connectivity index (χ1) is 9.69. The smallest absolute Gasteiger partial charge is 0.343 e. The molecule has 0 aliphatic rings. The van der Waals surface area contributed by atoms with Crippen molar-refractivity contribution in [3.63, 3.8) is 0 Å². The molecule has 0 aliphatic heterocycles. The van der Waals surface area contributed by atoms with E-state index >= 15 is 0 Å². The summed E-state index contributed by atoms with van der Waals surface area (Å²) in [6, 6.07) is 14.8. The Morgan fingerprint density at radius 3 is 2.60 bits per heavy atom. The van der Waals surface area contributed by atoms with Gasteiger partial charge in [0.05, 0.1) is 5.56 Å². The van der Waals surface area contributed by atoms with Gasteiger partial charge in [0.25, 0.3) is 0 Å². The molecule has 0 spiro atoms. The Morgan fingerprint density at radius 2 is 1.90 bits per heavy atom. The van der Waals surface area contributed by atoms with Crippen molar-refractivity contribution in [3.05, 3.63) is 59.7 Å². The lowest BCUT2D eigenvalue weighted by Gasteiger charge is -2.08. The third kappa shape index (κ3) is 3.85. The molecule has 0 heterocycles. The van der Waals surface area contributed by atoms with Crippen molar-refractivity contribution in [1.29, 1.82) is 0 Å². The number of hydrogen-bond acceptors (Lipinski definition) is 3. The molecule has 0 bridgehead atoms. The number of esters is 1. The summed E-state index contributed by atoms with van der Waals surface area (Å²) in [7, 11) is 0. The van der Waals surface area contributed by atoms with Gasteiger partial charge in [-0.25, -0.2) is 4.79 Å². The standard InChI is InChI=1S/C17H19NO2/c1-3-11-18-15-5-4-6-16(12-15)20-17(19)14-9-7-13(2)8-10-14/h4-10,12,18H,3,11H2,1-2H3. The van der Waals surface area contributed by atoms with E-state index in [9.17, 15) is 4.79 Å². The first kappa shape index (κ1) is 14.1. The second kappa shape index (κ2) is 6.75. The number of ether oxygens (including phenoxy) is 1. The van der Waals surface area contributed by atoms with Crippen LogP contribution in [0.15, 0.2) is 48.5 Å². The fraction of sp³-hybridized carbons (Fsp3) is 0.235. The van der Waals surface area contributed by atoms with Gasteiger partial charge in [-0.1, -0.05) is 30.7 Å². The van der Waals surface area contributed by atoms with Crippen LogP contribution in [0.4, 0.5) is 5.69 Å². The van der Waals surface area contributed by atoms with E-state index in [0.717, 1.165) is 24.2 Å². The van der Waals surface area contributed by atoms with Crippen LogP contribution >= 0.6 is 0 Å². The van der Waals surface area contributed by atoms with Crippen LogP contribution < -0.4 is 10.1 Å². The summed E-state index contributed by atoms with van der Waals surface area (Å²) in [6.07, 6.45) is 1.05. The van der Waals surface area contributed by atoms with Gasteiger partial charge in [0, 0.05) is 18.3 Å². The van der Waals surface area contributed by atoms with E-state index in [2.05, 4.69) is 12.2 Å². The molecule has 0 radical (unpaired) electrons. The number of carbonyl (C=O) groups is 1. The van der Waals surface area contributed by atoms with Gasteiger partial charge >= 0.3 is 5.97 Å². The molecule has 0 fully saturated rings. The van der Waals surface area contributed by atoms with Crippen LogP contribution in [0, 0.1) is 6.92 Å². The summed E-state index contributed by atoms with van der Waals surface area (Å²) in [6.45, 7) is 4.99. The van der Waals surface area contributed by atoms with Crippen molar-refractivity contribution >= 4 is 11.7 Å². The van der Waals surface area contributed by atoms with Crippen molar-refractivity contribution in [2.75, 3.05) is 11.9 Å². The molecule has 0 aromatic heterocycles. The highest BCUT2D eigenvalue weighted by atomic mass is 16.5. The minimum Gasteiger partial charge on any atom is -0.423 e. The normalized spacial score (nSPS) is 10.1. The van der Waals surface area contributed by atoms with Crippen LogP contribution in [0.25, 0.3) is 0 Å². The van der Waals surface area contributed by atoms with E-state index in [-0.39, 0.29) is 5.97 Å². The molecule has 1 N–H and O–H groups in total. The van der Waals surface area contributed by atoms with Gasteiger partial charge in [0.2, 0.25) is 0 Å². The minimum atomic E-state index is -0.336. The van der Waals surface area contributed by atoms with Crippen molar-refractivity contribution in [2.24, 2.45) is 0 Å². The molecule has 2 aromatic rings. The second-order valence-corrected chi connectivity index (χ2v) is 4.71. The summed E-state index contributed by atoms with van der Waals surface area (Å²) in [5.41, 5.74) is 2.64. The van der Waals surface area contributed by atoms with Crippen molar-refractivity contribution in [3.8, 4) is 5.75 Å². The first-order valence-corrected chi connectivity index (χ1v) is 6.82. The van der Waals surface area contributed by atoms with Gasteiger partial charge in [0.1, 0.15) is 5.75 Å². The predicted octanol–water partition coefficient (Wildman–Crippen LogP) is 4.04. The van der Waals surface area contributed by atoms with Crippen LogP contribution in [0.5, 0.6) is 5.75 Å². The molecule has 0 unspecified atom stereocenters. The number of carbonyl (C=O) groups excluding carboxylic acids is 1. The fourth-order valence-corrected chi connectivity index (χ4v) is 1.79. The summed E-state index contributed by atoms with van der Waals surface area (Å²) in [4.78, 5) is 12.0. The molecular weight excluding hydrogens is 250 g/mol. The second-order valence-electron chi connectivity index (χ2n) is 4.71. The van der Waals surface area contributed by atoms with Gasteiger partial charge < -0.3 is 10.1 Å². The first-order valence-electron chi connectivity index (χ1n) is 6.82. The Labute approximate surface area is 119 Å². The Hall–Kier alpha value is -2.29. The van der Waals surface area contributed by atoms with Crippen molar-refractivity contribution in [1.82, 2.24) is 0 Å². The number of rotatable bonds is 5. The molecule has 104 valence electrons. The summed E-state index contributed by atoms with van der Waals surface area (Å²) in [5, 5.41) is 3.26. The average molecular weight is 269 g/mol. The summed E-state index contributed by atoms with van der Waals surface area (Å²) >= 11 is 0. The van der Waals surface area contributed by atoms with Crippen LogP contribution in [0.2, 0.25) is 0 Å². The quantitative estimate of drug-likeness (QED) is 0.657. The molecule has 3 nitrogen and oxygen atoms in total. The lowest BCUT2D eigenvalue weighted by molar-refractivity contribution is 0.0735. The Kier molecular flexibility index (Phi) is 4.77. The number of hydrogen-bond donors (Lipinski definition) is 1. The highest BCUT2D eigenvalue weighted by Crippen LogP contribution is 2.18. The Morgan fingerprint density at radius 1 is 1.15 bits per heavy atom. The largest absolute Gasteiger partial charge is 0.423 e. The SMILES string of the molecule is CCCNc1cccc(OC(=O)c2ccc(C)cc2)c1. The zero-order chi connectivity index (χ0) is 14.4. The third-order valence-electron chi connectivity index (χ3n) is 2.91. The van der Waals surface area contributed by atoms with Crippen LogP contribution in [0.1, 0.15) is 29.3 Å². The number of nitrogens with one attached hydrogen (secondary N) is 1. The molecule has 0 aliphatic carbocycles. The maximum Gasteiger partial charge on any atom is 0.343 e. The fourth-order valence-electron chi connectivity index (χ4n) is 1.79. The molecule has 3 heteroatoms. The van der Waals surface area contributed by atoms with Gasteiger partial charge in [-0.05, 0) is 37.6 Å². The van der Waals surface area contributed by atoms with Gasteiger partial charge in [-0.15, -0.1) is 0 Å². The maximum atomic E-state index is 12.0. The monoisotopic (exact) mass is 269 g/mol. The van der Waals surface area contributed by atoms with Gasteiger partial charge in [-0.3, -0.25) is 0 Å². The molecule has 2 rings (SSSR count). The van der Waals surface area contributed by atoms with E-state index in [4.69, 9.17) is 4.74 Å². The molecular formula is C17H19NO2. The highest BCUT2D eigenvalue weighted by Gasteiger charge is 2.08. The predicted molar refractivity (Wildman–Crippen MR) is 81.4 cm³/mol. The average Bonchev–Trinajstić information content (AvgIpc) is 2.46. The zero-order valence-corrected chi connectivity index (χ0v) is 11.8. The molecule has 2 aromatic carbocycles. The van der Waals surface area contributed by atoms with Crippen molar-refractivity contribution in [2.45, 2.75) is 20.3 Å². The van der Waals surface area contributed by atoms with Gasteiger partial charge in [0.15, 0.2) is 0 Å². The molecule has 0 saturated heterocycles. The van der Waals surface area contributed by atoms with Crippen LogP contribution in [-0.2, 0) is 0 Å². The minimum absolute atomic E-state index is 0.336. The number of aryl methyl sites for hydroxylation is 1. The van der Waals surface area contributed by atoms with Crippen molar-refractivity contribution < 1.29 is 9.53 Å². The van der Waals surface area contributed by atoms with E-state index < -0.39 is 0 Å². The molecule has 20 heavy (non-hydrogen) atoms. The maximum absolute atomic E-state index is 12.0. The van der Waals surface area contributed by atoms with E-state index in [1.165, 1.54) is 0 Å². The Bertz CT molecular complexity index is 576. The van der Waals surface area contributed by atoms with E-state index in [1.54, 1.807) is 18.2 Å². The Balaban J connectivity index is 2.05. The van der Waals surface area contributed by atoms with E-state index in [1.807, 2.05) is 37.3 Å². The molecule has 0 atom stereocenters. The lowest BCUT2D eigenvalue weighted by Crippen LogP contribution is -2.08. The highest BCUT2D eigenvalue weighted by molar-refractivity contribution is 5.91. The van der Waals surface area contributed by atoms with Crippen LogP contribution in [0.3, 0.4) is 0 Å². The van der Waals surface area contributed by atoms with Gasteiger partial charge in [-0.2, -0.15) is 0 Å². The topological polar surface area (TPSA) is 38.3 Å². The van der Waals surface area contributed by atoms with E-state index in [0.29, 0.717) is 11.3 Å². The van der Waals surface area contributed by atoms with Crippen LogP contribution in [-0.4, -0.2) is 12.5 Å². The molecule has 0 saturated carbocycles. The summed E-state index contributed by atoms with van der Waals surface area (Å²) < 4.78 is 5.38. The third-order valence-corrected chi connectivity index (χ3v) is 2.91. The summed E-state index contributed by atoms with van der Waals surface area (Å²) in [5.74, 6) is 0.217. The molecule has 0 amide bonds. The number of benzene rings is 2. The lowest BCUT2D eigenvalue weighted by atomic mass is 10.1. The zero-order valence-electron chi connectivity index (χ0n) is 11.8. The number of anilines is 1.